The van der Waals surface area contributed by atoms with Crippen molar-refractivity contribution in [2.24, 2.45) is 0 Å². The van der Waals surface area contributed by atoms with Gasteiger partial charge >= 0.3 is 0 Å². The fraction of sp³-hybridized carbons (Fsp3) is 0.235. The van der Waals surface area contributed by atoms with Gasteiger partial charge in [-0.25, -0.2) is 8.42 Å². The molecular formula is C17H19ClN2O4S. The largest absolute Gasteiger partial charge is 0.495 e. The zero-order valence-electron chi connectivity index (χ0n) is 14.1. The molecule has 0 unspecified atom stereocenters. The first-order chi connectivity index (χ1) is 11.8. The fourth-order valence-corrected chi connectivity index (χ4v) is 3.62. The molecular weight excluding hydrogens is 364 g/mol. The number of hydrogen-bond donors (Lipinski definition) is 1. The van der Waals surface area contributed by atoms with Gasteiger partial charge in [0.25, 0.3) is 0 Å². The maximum atomic E-state index is 12.8. The van der Waals surface area contributed by atoms with Crippen LogP contribution in [0.2, 0.25) is 5.02 Å². The predicted molar refractivity (Wildman–Crippen MR) is 97.4 cm³/mol. The molecule has 0 atom stereocenters. The summed E-state index contributed by atoms with van der Waals surface area (Å²) in [6.07, 6.45) is 0. The van der Waals surface area contributed by atoms with Gasteiger partial charge in [0.15, 0.2) is 0 Å². The van der Waals surface area contributed by atoms with Crippen molar-refractivity contribution < 1.29 is 17.9 Å². The number of carbonyl (C=O) groups is 1. The molecule has 0 aromatic heterocycles. The van der Waals surface area contributed by atoms with Crippen molar-refractivity contribution in [3.8, 4) is 5.75 Å². The SMILES string of the molecule is COc1cc(S(=O)(=O)N(C)Cc2ccccc2Cl)ccc1NC(C)=O. The quantitative estimate of drug-likeness (QED) is 0.832. The third-order valence-electron chi connectivity index (χ3n) is 3.54. The predicted octanol–water partition coefficient (Wildman–Crippen LogP) is 3.13. The van der Waals surface area contributed by atoms with E-state index in [1.54, 1.807) is 24.3 Å². The van der Waals surface area contributed by atoms with Crippen LogP contribution in [0.3, 0.4) is 0 Å². The Balaban J connectivity index is 2.32. The summed E-state index contributed by atoms with van der Waals surface area (Å²) in [6, 6.07) is 11.4. The van der Waals surface area contributed by atoms with E-state index in [-0.39, 0.29) is 23.1 Å². The van der Waals surface area contributed by atoms with Crippen molar-refractivity contribution >= 4 is 33.2 Å². The van der Waals surface area contributed by atoms with E-state index in [0.717, 1.165) is 0 Å². The molecule has 0 aliphatic heterocycles. The number of carbonyl (C=O) groups excluding carboxylic acids is 1. The van der Waals surface area contributed by atoms with Crippen LogP contribution in [-0.2, 0) is 21.4 Å². The van der Waals surface area contributed by atoms with E-state index in [4.69, 9.17) is 16.3 Å². The second-order valence-corrected chi connectivity index (χ2v) is 7.85. The molecule has 0 bridgehead atoms. The molecule has 0 aliphatic rings. The van der Waals surface area contributed by atoms with Crippen molar-refractivity contribution in [1.29, 1.82) is 0 Å². The first kappa shape index (κ1) is 19.2. The Morgan fingerprint density at radius 3 is 2.52 bits per heavy atom. The summed E-state index contributed by atoms with van der Waals surface area (Å²) < 4.78 is 32.0. The van der Waals surface area contributed by atoms with Crippen molar-refractivity contribution in [2.75, 3.05) is 19.5 Å². The summed E-state index contributed by atoms with van der Waals surface area (Å²) in [6.45, 7) is 1.50. The van der Waals surface area contributed by atoms with Gasteiger partial charge in [0.05, 0.1) is 17.7 Å². The summed E-state index contributed by atoms with van der Waals surface area (Å²) in [5, 5.41) is 3.09. The van der Waals surface area contributed by atoms with Gasteiger partial charge < -0.3 is 10.1 Å². The third-order valence-corrected chi connectivity index (χ3v) is 5.71. The Kier molecular flexibility index (Phi) is 6.05. The molecule has 0 fully saturated rings. The van der Waals surface area contributed by atoms with E-state index in [0.29, 0.717) is 16.3 Å². The lowest BCUT2D eigenvalue weighted by atomic mass is 10.2. The van der Waals surface area contributed by atoms with Crippen molar-refractivity contribution in [1.82, 2.24) is 4.31 Å². The topological polar surface area (TPSA) is 75.7 Å². The van der Waals surface area contributed by atoms with Crippen LogP contribution >= 0.6 is 11.6 Å². The highest BCUT2D eigenvalue weighted by Gasteiger charge is 2.23. The van der Waals surface area contributed by atoms with Crippen LogP contribution in [-0.4, -0.2) is 32.8 Å². The zero-order valence-corrected chi connectivity index (χ0v) is 15.7. The highest BCUT2D eigenvalue weighted by atomic mass is 35.5. The number of amides is 1. The van der Waals surface area contributed by atoms with Crippen LogP contribution in [0.15, 0.2) is 47.4 Å². The minimum absolute atomic E-state index is 0.0630. The average Bonchev–Trinajstić information content (AvgIpc) is 2.56. The lowest BCUT2D eigenvalue weighted by Crippen LogP contribution is -2.26. The first-order valence-electron chi connectivity index (χ1n) is 7.41. The summed E-state index contributed by atoms with van der Waals surface area (Å²) >= 11 is 6.10. The maximum Gasteiger partial charge on any atom is 0.243 e. The molecule has 1 amide bonds. The second kappa shape index (κ2) is 7.86. The Morgan fingerprint density at radius 2 is 1.92 bits per heavy atom. The van der Waals surface area contributed by atoms with Crippen molar-refractivity contribution in [3.05, 3.63) is 53.1 Å². The maximum absolute atomic E-state index is 12.8. The molecule has 0 radical (unpaired) electrons. The number of hydrogen-bond acceptors (Lipinski definition) is 4. The monoisotopic (exact) mass is 382 g/mol. The van der Waals surface area contributed by atoms with E-state index < -0.39 is 10.0 Å². The van der Waals surface area contributed by atoms with Crippen LogP contribution in [0.1, 0.15) is 12.5 Å². The molecule has 0 aliphatic carbocycles. The van der Waals surface area contributed by atoms with Crippen LogP contribution < -0.4 is 10.1 Å². The van der Waals surface area contributed by atoms with E-state index >= 15 is 0 Å². The summed E-state index contributed by atoms with van der Waals surface area (Å²) in [4.78, 5) is 11.3. The molecule has 2 aromatic carbocycles. The van der Waals surface area contributed by atoms with Gasteiger partial charge in [-0.15, -0.1) is 0 Å². The molecule has 2 rings (SSSR count). The molecule has 1 N–H and O–H groups in total. The lowest BCUT2D eigenvalue weighted by molar-refractivity contribution is -0.114. The minimum atomic E-state index is -3.75. The fourth-order valence-electron chi connectivity index (χ4n) is 2.26. The number of anilines is 1. The number of sulfonamides is 1. The number of methoxy groups -OCH3 is 1. The smallest absolute Gasteiger partial charge is 0.243 e. The molecule has 0 heterocycles. The lowest BCUT2D eigenvalue weighted by Gasteiger charge is -2.19. The van der Waals surface area contributed by atoms with Crippen LogP contribution in [0, 0.1) is 0 Å². The van der Waals surface area contributed by atoms with Gasteiger partial charge in [-0.1, -0.05) is 29.8 Å². The van der Waals surface area contributed by atoms with Crippen molar-refractivity contribution in [3.63, 3.8) is 0 Å². The van der Waals surface area contributed by atoms with Crippen molar-refractivity contribution in [2.45, 2.75) is 18.4 Å². The van der Waals surface area contributed by atoms with E-state index in [1.807, 2.05) is 0 Å². The molecule has 25 heavy (non-hydrogen) atoms. The van der Waals surface area contributed by atoms with Gasteiger partial charge in [-0.05, 0) is 23.8 Å². The van der Waals surface area contributed by atoms with E-state index in [1.165, 1.54) is 43.6 Å². The molecule has 0 spiro atoms. The molecule has 6 nitrogen and oxygen atoms in total. The Bertz CT molecular complexity index is 884. The summed E-state index contributed by atoms with van der Waals surface area (Å²) in [5.41, 5.74) is 1.11. The standard InChI is InChI=1S/C17H19ClN2O4S/c1-12(21)19-16-9-8-14(10-17(16)24-3)25(22,23)20(2)11-13-6-4-5-7-15(13)18/h4-10H,11H2,1-3H3,(H,19,21). The first-order valence-corrected chi connectivity index (χ1v) is 9.23. The van der Waals surface area contributed by atoms with Gasteiger partial charge in [-0.2, -0.15) is 4.31 Å². The Labute approximate surface area is 152 Å². The Hall–Kier alpha value is -2.09. The zero-order chi connectivity index (χ0) is 18.6. The van der Waals surface area contributed by atoms with Crippen LogP contribution in [0.25, 0.3) is 0 Å². The number of rotatable bonds is 6. The second-order valence-electron chi connectivity index (χ2n) is 5.40. The Morgan fingerprint density at radius 1 is 1.24 bits per heavy atom. The molecule has 0 saturated heterocycles. The van der Waals surface area contributed by atoms with Gasteiger partial charge in [0, 0.05) is 31.6 Å². The van der Waals surface area contributed by atoms with Gasteiger partial charge in [0.1, 0.15) is 5.75 Å². The average molecular weight is 383 g/mol. The highest BCUT2D eigenvalue weighted by Crippen LogP contribution is 2.29. The molecule has 2 aromatic rings. The number of halogens is 1. The number of benzene rings is 2. The molecule has 0 saturated carbocycles. The minimum Gasteiger partial charge on any atom is -0.495 e. The van der Waals surface area contributed by atoms with Gasteiger partial charge in [-0.3, -0.25) is 4.79 Å². The van der Waals surface area contributed by atoms with Gasteiger partial charge in [0.2, 0.25) is 15.9 Å². The highest BCUT2D eigenvalue weighted by molar-refractivity contribution is 7.89. The normalized spacial score (nSPS) is 11.4. The molecule has 134 valence electrons. The summed E-state index contributed by atoms with van der Waals surface area (Å²) in [7, 11) is -0.863. The van der Waals surface area contributed by atoms with Crippen LogP contribution in [0.5, 0.6) is 5.75 Å². The van der Waals surface area contributed by atoms with Crippen LogP contribution in [0.4, 0.5) is 5.69 Å². The van der Waals surface area contributed by atoms with E-state index in [9.17, 15) is 13.2 Å². The summed E-state index contributed by atoms with van der Waals surface area (Å²) in [5.74, 6) is -0.00726. The van der Waals surface area contributed by atoms with E-state index in [2.05, 4.69) is 5.32 Å². The number of nitrogens with one attached hydrogen (secondary N) is 1. The molecule has 8 heteroatoms. The number of ether oxygens (including phenoxy) is 1. The third kappa shape index (κ3) is 4.50. The number of nitrogens with zero attached hydrogens (tertiary/aromatic N) is 1.